The maximum absolute atomic E-state index is 13.5. The Labute approximate surface area is 139 Å². The van der Waals surface area contributed by atoms with Gasteiger partial charge in [0.15, 0.2) is 11.6 Å². The number of methoxy groups -OCH3 is 2. The third-order valence-corrected chi connectivity index (χ3v) is 3.48. The number of benzene rings is 1. The summed E-state index contributed by atoms with van der Waals surface area (Å²) in [6.45, 7) is 3.55. The summed E-state index contributed by atoms with van der Waals surface area (Å²) >= 11 is 0. The van der Waals surface area contributed by atoms with Crippen LogP contribution in [0.1, 0.15) is 24.2 Å². The van der Waals surface area contributed by atoms with Crippen molar-refractivity contribution < 1.29 is 27.8 Å². The number of carbonyl (C=O) groups excluding carboxylic acids is 2. The molecular weight excluding hydrogens is 322 g/mol. The SMILES string of the molecule is COc1cc(C(=O)N[C@@H](C)CN(C)C(=O)C(C)OC)cc(F)c1F. The number of halogens is 2. The fourth-order valence-corrected chi connectivity index (χ4v) is 2.11. The summed E-state index contributed by atoms with van der Waals surface area (Å²) in [7, 11) is 4.19. The molecule has 0 bridgehead atoms. The van der Waals surface area contributed by atoms with Gasteiger partial charge in [0, 0.05) is 32.3 Å². The Morgan fingerprint density at radius 1 is 1.25 bits per heavy atom. The Morgan fingerprint density at radius 3 is 2.42 bits per heavy atom. The van der Waals surface area contributed by atoms with Gasteiger partial charge < -0.3 is 19.7 Å². The molecule has 1 aromatic carbocycles. The van der Waals surface area contributed by atoms with E-state index < -0.39 is 29.7 Å². The molecule has 0 radical (unpaired) electrons. The van der Waals surface area contributed by atoms with E-state index in [1.165, 1.54) is 19.1 Å². The van der Waals surface area contributed by atoms with E-state index in [4.69, 9.17) is 9.47 Å². The molecule has 0 fully saturated rings. The van der Waals surface area contributed by atoms with Crippen molar-refractivity contribution in [2.24, 2.45) is 0 Å². The molecule has 0 saturated heterocycles. The minimum absolute atomic E-state index is 0.0724. The van der Waals surface area contributed by atoms with E-state index in [0.29, 0.717) is 0 Å². The van der Waals surface area contributed by atoms with Crippen LogP contribution in [-0.2, 0) is 9.53 Å². The number of rotatable bonds is 7. The van der Waals surface area contributed by atoms with Crippen molar-refractivity contribution in [1.29, 1.82) is 0 Å². The molecule has 0 spiro atoms. The van der Waals surface area contributed by atoms with Gasteiger partial charge in [-0.2, -0.15) is 4.39 Å². The number of hydrogen-bond donors (Lipinski definition) is 1. The van der Waals surface area contributed by atoms with Gasteiger partial charge in [-0.05, 0) is 26.0 Å². The molecule has 134 valence electrons. The minimum atomic E-state index is -1.17. The first kappa shape index (κ1) is 19.8. The van der Waals surface area contributed by atoms with Gasteiger partial charge in [0.25, 0.3) is 11.8 Å². The molecule has 0 aromatic heterocycles. The Morgan fingerprint density at radius 2 is 1.88 bits per heavy atom. The number of nitrogens with zero attached hydrogens (tertiary/aromatic N) is 1. The Hall–Kier alpha value is -2.22. The van der Waals surface area contributed by atoms with Crippen LogP contribution in [0.25, 0.3) is 0 Å². The summed E-state index contributed by atoms with van der Waals surface area (Å²) in [5, 5.41) is 2.62. The van der Waals surface area contributed by atoms with Crippen LogP contribution in [0.3, 0.4) is 0 Å². The second-order valence-corrected chi connectivity index (χ2v) is 5.45. The summed E-state index contributed by atoms with van der Waals surface area (Å²) in [6, 6.07) is 1.50. The van der Waals surface area contributed by atoms with Gasteiger partial charge in [-0.25, -0.2) is 4.39 Å². The average Bonchev–Trinajstić information content (AvgIpc) is 2.55. The molecule has 24 heavy (non-hydrogen) atoms. The lowest BCUT2D eigenvalue weighted by Crippen LogP contribution is -2.45. The highest BCUT2D eigenvalue weighted by Crippen LogP contribution is 2.21. The third kappa shape index (κ3) is 4.89. The van der Waals surface area contributed by atoms with Gasteiger partial charge in [-0.3, -0.25) is 9.59 Å². The summed E-state index contributed by atoms with van der Waals surface area (Å²) in [4.78, 5) is 25.5. The first-order chi connectivity index (χ1) is 11.2. The largest absolute Gasteiger partial charge is 0.494 e. The number of amides is 2. The summed E-state index contributed by atoms with van der Waals surface area (Å²) in [6.07, 6.45) is -0.589. The maximum Gasteiger partial charge on any atom is 0.251 e. The molecule has 0 heterocycles. The molecule has 2 atom stereocenters. The molecule has 0 saturated carbocycles. The van der Waals surface area contributed by atoms with Crippen LogP contribution in [0.4, 0.5) is 8.78 Å². The Kier molecular flexibility index (Phi) is 7.09. The second kappa shape index (κ2) is 8.58. The van der Waals surface area contributed by atoms with Gasteiger partial charge in [0.1, 0.15) is 6.10 Å². The molecule has 1 unspecified atom stereocenters. The number of nitrogens with one attached hydrogen (secondary N) is 1. The molecule has 2 amide bonds. The van der Waals surface area contributed by atoms with Gasteiger partial charge in [0.05, 0.1) is 7.11 Å². The van der Waals surface area contributed by atoms with Gasteiger partial charge in [-0.15, -0.1) is 0 Å². The number of likely N-dealkylation sites (N-methyl/N-ethyl adjacent to an activating group) is 1. The van der Waals surface area contributed by atoms with Crippen LogP contribution >= 0.6 is 0 Å². The summed E-state index contributed by atoms with van der Waals surface area (Å²) in [5.41, 5.74) is -0.0724. The first-order valence-electron chi connectivity index (χ1n) is 7.32. The Bertz CT molecular complexity index is 610. The van der Waals surface area contributed by atoms with Crippen molar-refractivity contribution in [3.63, 3.8) is 0 Å². The fraction of sp³-hybridized carbons (Fsp3) is 0.500. The lowest BCUT2D eigenvalue weighted by atomic mass is 10.1. The van der Waals surface area contributed by atoms with Crippen molar-refractivity contribution in [2.45, 2.75) is 26.0 Å². The van der Waals surface area contributed by atoms with Gasteiger partial charge in [0.2, 0.25) is 5.82 Å². The average molecular weight is 344 g/mol. The zero-order chi connectivity index (χ0) is 18.4. The van der Waals surface area contributed by atoms with Gasteiger partial charge in [-0.1, -0.05) is 0 Å². The van der Waals surface area contributed by atoms with Crippen molar-refractivity contribution in [2.75, 3.05) is 27.8 Å². The van der Waals surface area contributed by atoms with Crippen molar-refractivity contribution in [3.05, 3.63) is 29.3 Å². The molecule has 1 N–H and O–H groups in total. The van der Waals surface area contributed by atoms with Crippen LogP contribution in [0.15, 0.2) is 12.1 Å². The van der Waals surface area contributed by atoms with E-state index in [2.05, 4.69) is 5.32 Å². The van der Waals surface area contributed by atoms with Crippen molar-refractivity contribution >= 4 is 11.8 Å². The normalized spacial score (nSPS) is 13.1. The van der Waals surface area contributed by atoms with Crippen molar-refractivity contribution in [1.82, 2.24) is 10.2 Å². The van der Waals surface area contributed by atoms with E-state index in [9.17, 15) is 18.4 Å². The van der Waals surface area contributed by atoms with E-state index in [1.807, 2.05) is 0 Å². The lowest BCUT2D eigenvalue weighted by Gasteiger charge is -2.24. The minimum Gasteiger partial charge on any atom is -0.494 e. The topological polar surface area (TPSA) is 67.9 Å². The molecule has 6 nitrogen and oxygen atoms in total. The quantitative estimate of drug-likeness (QED) is 0.816. The number of hydrogen-bond acceptors (Lipinski definition) is 4. The van der Waals surface area contributed by atoms with E-state index >= 15 is 0 Å². The van der Waals surface area contributed by atoms with Gasteiger partial charge >= 0.3 is 0 Å². The van der Waals surface area contributed by atoms with Crippen LogP contribution in [-0.4, -0.2) is 56.7 Å². The first-order valence-corrected chi connectivity index (χ1v) is 7.32. The van der Waals surface area contributed by atoms with E-state index in [1.54, 1.807) is 20.9 Å². The maximum atomic E-state index is 13.5. The van der Waals surface area contributed by atoms with Crippen LogP contribution in [0.5, 0.6) is 5.75 Å². The highest BCUT2D eigenvalue weighted by atomic mass is 19.2. The second-order valence-electron chi connectivity index (χ2n) is 5.45. The number of carbonyl (C=O) groups is 2. The highest BCUT2D eigenvalue weighted by Gasteiger charge is 2.21. The molecule has 1 aromatic rings. The highest BCUT2D eigenvalue weighted by molar-refractivity contribution is 5.94. The number of ether oxygens (including phenoxy) is 2. The molecule has 8 heteroatoms. The smallest absolute Gasteiger partial charge is 0.251 e. The standard InChI is InChI=1S/C16H22F2N2O4/c1-9(8-20(3)16(22)10(2)23-4)19-15(21)11-6-12(17)14(18)13(7-11)24-5/h6-7,9-10H,8H2,1-5H3,(H,19,21)/t9-,10?/m0/s1. The monoisotopic (exact) mass is 344 g/mol. The van der Waals surface area contributed by atoms with Crippen LogP contribution < -0.4 is 10.1 Å². The molecule has 0 aliphatic heterocycles. The predicted molar refractivity (Wildman–Crippen MR) is 83.9 cm³/mol. The molecular formula is C16H22F2N2O4. The summed E-state index contributed by atoms with van der Waals surface area (Å²) < 4.78 is 36.5. The zero-order valence-corrected chi connectivity index (χ0v) is 14.4. The lowest BCUT2D eigenvalue weighted by molar-refractivity contribution is -0.139. The molecule has 0 aliphatic carbocycles. The fourth-order valence-electron chi connectivity index (χ4n) is 2.11. The van der Waals surface area contributed by atoms with Crippen LogP contribution in [0.2, 0.25) is 0 Å². The van der Waals surface area contributed by atoms with E-state index in [-0.39, 0.29) is 23.8 Å². The molecule has 1 rings (SSSR count). The predicted octanol–water partition coefficient (Wildman–Crippen LogP) is 1.58. The van der Waals surface area contributed by atoms with E-state index in [0.717, 1.165) is 12.1 Å². The molecule has 0 aliphatic rings. The summed E-state index contributed by atoms with van der Waals surface area (Å²) in [5.74, 6) is -3.50. The van der Waals surface area contributed by atoms with Crippen molar-refractivity contribution in [3.8, 4) is 5.75 Å². The Balaban J connectivity index is 2.74. The third-order valence-electron chi connectivity index (χ3n) is 3.48. The zero-order valence-electron chi connectivity index (χ0n) is 14.4. The van der Waals surface area contributed by atoms with Crippen LogP contribution in [0, 0.1) is 11.6 Å².